The third-order valence-electron chi connectivity index (χ3n) is 3.41. The lowest BCUT2D eigenvalue weighted by molar-refractivity contribution is -0.118. The normalized spacial score (nSPS) is 17.6. The van der Waals surface area contributed by atoms with Crippen molar-refractivity contribution in [2.45, 2.75) is 51.6 Å². The lowest BCUT2D eigenvalue weighted by Crippen LogP contribution is -2.27. The van der Waals surface area contributed by atoms with Gasteiger partial charge < -0.3 is 14.6 Å². The maximum absolute atomic E-state index is 10.8. The largest absolute Gasteiger partial charge is 0.365 e. The molecule has 6 nitrogen and oxygen atoms in total. The van der Waals surface area contributed by atoms with Crippen LogP contribution in [0.15, 0.2) is 4.52 Å². The van der Waals surface area contributed by atoms with Crippen LogP contribution in [0.4, 0.5) is 0 Å². The molecule has 0 spiro atoms. The van der Waals surface area contributed by atoms with Crippen LogP contribution in [0.3, 0.4) is 0 Å². The number of nitrogens with one attached hydrogen (secondary N) is 1. The SMILES string of the molecule is CCOC1(c2nc(CCNC(C)=O)no2)CCCC1. The molecule has 106 valence electrons. The standard InChI is InChI=1S/C13H21N3O3/c1-3-18-13(7-4-5-8-13)12-15-11(16-19-12)6-9-14-10(2)17/h3-9H2,1-2H3,(H,14,17). The van der Waals surface area contributed by atoms with Crippen molar-refractivity contribution < 1.29 is 14.1 Å². The first-order valence-corrected chi connectivity index (χ1v) is 6.88. The zero-order valence-electron chi connectivity index (χ0n) is 11.6. The van der Waals surface area contributed by atoms with E-state index in [4.69, 9.17) is 9.26 Å². The minimum atomic E-state index is -0.381. The molecular weight excluding hydrogens is 246 g/mol. The molecule has 1 heterocycles. The molecule has 1 saturated carbocycles. The molecular formula is C13H21N3O3. The zero-order chi connectivity index (χ0) is 13.7. The Hall–Kier alpha value is -1.43. The van der Waals surface area contributed by atoms with Crippen LogP contribution in [-0.2, 0) is 21.6 Å². The Morgan fingerprint density at radius 1 is 1.47 bits per heavy atom. The molecule has 0 bridgehead atoms. The topological polar surface area (TPSA) is 77.2 Å². The highest BCUT2D eigenvalue weighted by atomic mass is 16.5. The Labute approximate surface area is 112 Å². The van der Waals surface area contributed by atoms with Crippen LogP contribution in [0.25, 0.3) is 0 Å². The molecule has 1 amide bonds. The Bertz CT molecular complexity index is 425. The maximum atomic E-state index is 10.8. The van der Waals surface area contributed by atoms with Crippen molar-refractivity contribution in [3.63, 3.8) is 0 Å². The summed E-state index contributed by atoms with van der Waals surface area (Å²) >= 11 is 0. The zero-order valence-corrected chi connectivity index (χ0v) is 11.6. The van der Waals surface area contributed by atoms with E-state index < -0.39 is 0 Å². The first-order chi connectivity index (χ1) is 9.16. The predicted octanol–water partition coefficient (Wildman–Crippen LogP) is 1.55. The molecule has 0 unspecified atom stereocenters. The summed E-state index contributed by atoms with van der Waals surface area (Å²) in [6.45, 7) is 4.64. The van der Waals surface area contributed by atoms with E-state index in [1.54, 1.807) is 0 Å². The second kappa shape index (κ2) is 6.14. The van der Waals surface area contributed by atoms with Crippen LogP contribution < -0.4 is 5.32 Å². The van der Waals surface area contributed by atoms with Crippen molar-refractivity contribution in [1.29, 1.82) is 0 Å². The summed E-state index contributed by atoms with van der Waals surface area (Å²) in [4.78, 5) is 15.2. The van der Waals surface area contributed by atoms with Crippen LogP contribution in [0.2, 0.25) is 0 Å². The summed E-state index contributed by atoms with van der Waals surface area (Å²) in [7, 11) is 0. The Balaban J connectivity index is 2.00. The predicted molar refractivity (Wildman–Crippen MR) is 68.5 cm³/mol. The highest BCUT2D eigenvalue weighted by Crippen LogP contribution is 2.41. The molecule has 0 aliphatic heterocycles. The van der Waals surface area contributed by atoms with Gasteiger partial charge in [0.2, 0.25) is 5.91 Å². The number of carbonyl (C=O) groups is 1. The van der Waals surface area contributed by atoms with E-state index in [-0.39, 0.29) is 11.5 Å². The summed E-state index contributed by atoms with van der Waals surface area (Å²) in [6, 6.07) is 0. The fraction of sp³-hybridized carbons (Fsp3) is 0.769. The summed E-state index contributed by atoms with van der Waals surface area (Å²) in [5, 5.41) is 6.68. The molecule has 1 aliphatic rings. The van der Waals surface area contributed by atoms with Crippen LogP contribution in [0, 0.1) is 0 Å². The number of nitrogens with zero attached hydrogens (tertiary/aromatic N) is 2. The molecule has 6 heteroatoms. The number of aromatic nitrogens is 2. The van der Waals surface area contributed by atoms with Gasteiger partial charge in [0, 0.05) is 26.5 Å². The minimum absolute atomic E-state index is 0.0507. The van der Waals surface area contributed by atoms with Gasteiger partial charge >= 0.3 is 0 Å². The maximum Gasteiger partial charge on any atom is 0.258 e. The minimum Gasteiger partial charge on any atom is -0.365 e. The lowest BCUT2D eigenvalue weighted by atomic mass is 10.0. The monoisotopic (exact) mass is 267 g/mol. The number of amides is 1. The lowest BCUT2D eigenvalue weighted by Gasteiger charge is -2.24. The van der Waals surface area contributed by atoms with Crippen LogP contribution in [0.5, 0.6) is 0 Å². The molecule has 1 aromatic heterocycles. The van der Waals surface area contributed by atoms with E-state index in [2.05, 4.69) is 15.5 Å². The Morgan fingerprint density at radius 2 is 2.21 bits per heavy atom. The Kier molecular flexibility index (Phi) is 4.52. The van der Waals surface area contributed by atoms with Gasteiger partial charge in [0.25, 0.3) is 5.89 Å². The molecule has 1 N–H and O–H groups in total. The van der Waals surface area contributed by atoms with Gasteiger partial charge in [0.05, 0.1) is 0 Å². The average molecular weight is 267 g/mol. The van der Waals surface area contributed by atoms with Crippen LogP contribution >= 0.6 is 0 Å². The second-order valence-corrected chi connectivity index (χ2v) is 4.88. The van der Waals surface area contributed by atoms with Crippen molar-refractivity contribution >= 4 is 5.91 Å². The summed E-state index contributed by atoms with van der Waals surface area (Å²) in [6.07, 6.45) is 4.71. The molecule has 0 aromatic carbocycles. The fourth-order valence-electron chi connectivity index (χ4n) is 2.53. The van der Waals surface area contributed by atoms with E-state index >= 15 is 0 Å². The number of hydrogen-bond donors (Lipinski definition) is 1. The first kappa shape index (κ1) is 14.0. The fourth-order valence-corrected chi connectivity index (χ4v) is 2.53. The summed E-state index contributed by atoms with van der Waals surface area (Å²) in [5.74, 6) is 1.16. The number of rotatable bonds is 6. The van der Waals surface area contributed by atoms with E-state index in [1.807, 2.05) is 6.92 Å². The van der Waals surface area contributed by atoms with E-state index in [0.29, 0.717) is 31.3 Å². The molecule has 0 radical (unpaired) electrons. The van der Waals surface area contributed by atoms with Gasteiger partial charge in [-0.05, 0) is 32.6 Å². The third kappa shape index (κ3) is 3.32. The first-order valence-electron chi connectivity index (χ1n) is 6.88. The van der Waals surface area contributed by atoms with Gasteiger partial charge in [0.15, 0.2) is 5.82 Å². The number of hydrogen-bond acceptors (Lipinski definition) is 5. The van der Waals surface area contributed by atoms with Crippen molar-refractivity contribution in [3.05, 3.63) is 11.7 Å². The van der Waals surface area contributed by atoms with Crippen molar-refractivity contribution in [3.8, 4) is 0 Å². The third-order valence-corrected chi connectivity index (χ3v) is 3.41. The molecule has 0 saturated heterocycles. The van der Waals surface area contributed by atoms with Crippen molar-refractivity contribution in [2.24, 2.45) is 0 Å². The molecule has 19 heavy (non-hydrogen) atoms. The Morgan fingerprint density at radius 3 is 2.84 bits per heavy atom. The average Bonchev–Trinajstić information content (AvgIpc) is 2.98. The van der Waals surface area contributed by atoms with Crippen LogP contribution in [-0.4, -0.2) is 29.2 Å². The highest BCUT2D eigenvalue weighted by molar-refractivity contribution is 5.72. The number of ether oxygens (including phenoxy) is 1. The summed E-state index contributed by atoms with van der Waals surface area (Å²) in [5.41, 5.74) is -0.381. The quantitative estimate of drug-likeness (QED) is 0.846. The summed E-state index contributed by atoms with van der Waals surface area (Å²) < 4.78 is 11.2. The smallest absolute Gasteiger partial charge is 0.258 e. The van der Waals surface area contributed by atoms with Crippen molar-refractivity contribution in [2.75, 3.05) is 13.2 Å². The molecule has 1 aliphatic carbocycles. The molecule has 0 atom stereocenters. The van der Waals surface area contributed by atoms with Gasteiger partial charge in [-0.2, -0.15) is 4.98 Å². The molecule has 1 fully saturated rings. The van der Waals surface area contributed by atoms with Gasteiger partial charge in [-0.3, -0.25) is 4.79 Å². The van der Waals surface area contributed by atoms with E-state index in [0.717, 1.165) is 25.7 Å². The molecule has 2 rings (SSSR count). The molecule has 1 aromatic rings. The second-order valence-electron chi connectivity index (χ2n) is 4.88. The number of carbonyl (C=O) groups excluding carboxylic acids is 1. The van der Waals surface area contributed by atoms with Gasteiger partial charge in [-0.1, -0.05) is 5.16 Å². The van der Waals surface area contributed by atoms with Crippen molar-refractivity contribution in [1.82, 2.24) is 15.5 Å². The van der Waals surface area contributed by atoms with Gasteiger partial charge in [-0.15, -0.1) is 0 Å². The van der Waals surface area contributed by atoms with Crippen LogP contribution in [0.1, 0.15) is 51.2 Å². The highest BCUT2D eigenvalue weighted by Gasteiger charge is 2.41. The van der Waals surface area contributed by atoms with E-state index in [9.17, 15) is 4.79 Å². The van der Waals surface area contributed by atoms with Gasteiger partial charge in [-0.25, -0.2) is 0 Å². The van der Waals surface area contributed by atoms with E-state index in [1.165, 1.54) is 6.92 Å². The van der Waals surface area contributed by atoms with Gasteiger partial charge in [0.1, 0.15) is 5.60 Å².